The number of carboxylic acids is 1. The minimum atomic E-state index is -1.04. The predicted molar refractivity (Wildman–Crippen MR) is 58.7 cm³/mol. The molecule has 0 spiro atoms. The number of ether oxygens (including phenoxy) is 1. The van der Waals surface area contributed by atoms with E-state index in [0.29, 0.717) is 0 Å². The Bertz CT molecular complexity index is 414. The van der Waals surface area contributed by atoms with Gasteiger partial charge in [0.15, 0.2) is 0 Å². The van der Waals surface area contributed by atoms with E-state index in [2.05, 4.69) is 0 Å². The second-order valence-electron chi connectivity index (χ2n) is 3.06. The molecule has 1 rings (SSSR count). The van der Waals surface area contributed by atoms with Gasteiger partial charge in [-0.05, 0) is 24.6 Å². The zero-order valence-electron chi connectivity index (χ0n) is 8.70. The number of halogens is 1. The fraction of sp³-hybridized carbons (Fsp3) is 0.273. The highest BCUT2D eigenvalue weighted by atomic mass is 35.5. The first-order chi connectivity index (χ1) is 7.56. The molecule has 0 amide bonds. The van der Waals surface area contributed by atoms with Crippen LogP contribution in [0.25, 0.3) is 0 Å². The maximum atomic E-state index is 11.5. The van der Waals surface area contributed by atoms with Crippen molar-refractivity contribution < 1.29 is 19.4 Å². The van der Waals surface area contributed by atoms with Crippen molar-refractivity contribution in [1.82, 2.24) is 0 Å². The molecular weight excluding hydrogens is 232 g/mol. The first-order valence-corrected chi connectivity index (χ1v) is 5.10. The van der Waals surface area contributed by atoms with E-state index in [1.54, 1.807) is 19.1 Å². The summed E-state index contributed by atoms with van der Waals surface area (Å²) in [5.41, 5.74) is 0.492. The third-order valence-corrected chi connectivity index (χ3v) is 2.30. The highest BCUT2D eigenvalue weighted by molar-refractivity contribution is 6.32. The highest BCUT2D eigenvalue weighted by Crippen LogP contribution is 2.21. The van der Waals surface area contributed by atoms with Crippen LogP contribution < -0.4 is 0 Å². The van der Waals surface area contributed by atoms with Crippen molar-refractivity contribution in [3.05, 3.63) is 34.3 Å². The van der Waals surface area contributed by atoms with Crippen LogP contribution in [0.2, 0.25) is 5.02 Å². The van der Waals surface area contributed by atoms with Gasteiger partial charge in [0.2, 0.25) is 0 Å². The average molecular weight is 243 g/mol. The largest absolute Gasteiger partial charge is 0.481 e. The number of benzene rings is 1. The number of esters is 1. The van der Waals surface area contributed by atoms with Crippen LogP contribution in [0.3, 0.4) is 0 Å². The molecule has 16 heavy (non-hydrogen) atoms. The highest BCUT2D eigenvalue weighted by Gasteiger charge is 2.17. The Morgan fingerprint density at radius 3 is 2.69 bits per heavy atom. The van der Waals surface area contributed by atoms with Gasteiger partial charge in [0.25, 0.3) is 0 Å². The molecule has 1 N–H and O–H groups in total. The molecule has 0 unspecified atom stereocenters. The first-order valence-electron chi connectivity index (χ1n) is 4.72. The second-order valence-corrected chi connectivity index (χ2v) is 3.46. The Labute approximate surface area is 97.8 Å². The average Bonchev–Trinajstić information content (AvgIpc) is 2.20. The van der Waals surface area contributed by atoms with Gasteiger partial charge in [-0.3, -0.25) is 4.79 Å². The van der Waals surface area contributed by atoms with Crippen LogP contribution in [0.1, 0.15) is 22.8 Å². The molecule has 0 aliphatic heterocycles. The molecule has 5 heteroatoms. The number of carbonyl (C=O) groups excluding carboxylic acids is 1. The van der Waals surface area contributed by atoms with Crippen molar-refractivity contribution in [1.29, 1.82) is 0 Å². The molecular formula is C11H11ClO4. The lowest BCUT2D eigenvalue weighted by molar-refractivity contribution is -0.136. The van der Waals surface area contributed by atoms with Crippen LogP contribution in [0, 0.1) is 0 Å². The van der Waals surface area contributed by atoms with E-state index in [4.69, 9.17) is 21.4 Å². The molecule has 1 aromatic carbocycles. The predicted octanol–water partition coefficient (Wildman–Crippen LogP) is 2.14. The maximum absolute atomic E-state index is 11.5. The van der Waals surface area contributed by atoms with Gasteiger partial charge in [0, 0.05) is 5.02 Å². The van der Waals surface area contributed by atoms with Gasteiger partial charge in [0.1, 0.15) is 0 Å². The molecule has 0 heterocycles. The van der Waals surface area contributed by atoms with Gasteiger partial charge in [-0.1, -0.05) is 17.7 Å². The standard InChI is InChI=1S/C11H11ClO4/c1-2-16-11(15)7-4-3-5-9(12)8(7)6-10(13)14/h3-5H,2,6H2,1H3,(H,13,14). The van der Waals surface area contributed by atoms with Crippen LogP contribution in [0.15, 0.2) is 18.2 Å². The van der Waals surface area contributed by atoms with Crippen molar-refractivity contribution in [2.24, 2.45) is 0 Å². The normalized spacial score (nSPS) is 9.88. The summed E-state index contributed by atoms with van der Waals surface area (Å²) in [6, 6.07) is 4.63. The fourth-order valence-corrected chi connectivity index (χ4v) is 1.53. The monoisotopic (exact) mass is 242 g/mol. The Hall–Kier alpha value is -1.55. The number of carbonyl (C=O) groups is 2. The summed E-state index contributed by atoms with van der Waals surface area (Å²) in [6.07, 6.45) is -0.298. The molecule has 1 aromatic rings. The summed E-state index contributed by atoms with van der Waals surface area (Å²) in [5.74, 6) is -1.60. The van der Waals surface area contributed by atoms with Crippen LogP contribution >= 0.6 is 11.6 Å². The minimum absolute atomic E-state index is 0.205. The summed E-state index contributed by atoms with van der Waals surface area (Å²) in [5, 5.41) is 8.97. The smallest absolute Gasteiger partial charge is 0.338 e. The Balaban J connectivity index is 3.11. The van der Waals surface area contributed by atoms with E-state index in [1.807, 2.05) is 0 Å². The van der Waals surface area contributed by atoms with Crippen molar-refractivity contribution in [2.75, 3.05) is 6.61 Å². The van der Waals surface area contributed by atoms with Crippen LogP contribution in [0.4, 0.5) is 0 Å². The van der Waals surface area contributed by atoms with Gasteiger partial charge in [-0.15, -0.1) is 0 Å². The molecule has 0 aliphatic rings. The molecule has 86 valence electrons. The number of hydrogen-bond acceptors (Lipinski definition) is 3. The van der Waals surface area contributed by atoms with Crippen LogP contribution in [-0.2, 0) is 16.0 Å². The van der Waals surface area contributed by atoms with Gasteiger partial charge >= 0.3 is 11.9 Å². The Kier molecular flexibility index (Phi) is 4.31. The molecule has 0 fully saturated rings. The quantitative estimate of drug-likeness (QED) is 0.822. The van der Waals surface area contributed by atoms with Crippen LogP contribution in [-0.4, -0.2) is 23.7 Å². The van der Waals surface area contributed by atoms with Crippen LogP contribution in [0.5, 0.6) is 0 Å². The molecule has 0 bridgehead atoms. The summed E-state index contributed by atoms with van der Waals surface area (Å²) < 4.78 is 4.81. The first kappa shape index (κ1) is 12.5. The van der Waals surface area contributed by atoms with Crippen molar-refractivity contribution in [2.45, 2.75) is 13.3 Å². The zero-order valence-corrected chi connectivity index (χ0v) is 9.45. The van der Waals surface area contributed by atoms with E-state index in [-0.39, 0.29) is 29.2 Å². The lowest BCUT2D eigenvalue weighted by atomic mass is 10.0. The molecule has 0 saturated heterocycles. The molecule has 0 aliphatic carbocycles. The summed E-state index contributed by atoms with van der Waals surface area (Å²) in [7, 11) is 0. The van der Waals surface area contributed by atoms with Crippen molar-refractivity contribution >= 4 is 23.5 Å². The minimum Gasteiger partial charge on any atom is -0.481 e. The number of aliphatic carboxylic acids is 1. The third kappa shape index (κ3) is 2.97. The second kappa shape index (κ2) is 5.51. The van der Waals surface area contributed by atoms with E-state index >= 15 is 0 Å². The van der Waals surface area contributed by atoms with E-state index in [1.165, 1.54) is 6.07 Å². The van der Waals surface area contributed by atoms with E-state index in [0.717, 1.165) is 0 Å². The fourth-order valence-electron chi connectivity index (χ4n) is 1.29. The number of rotatable bonds is 4. The van der Waals surface area contributed by atoms with Gasteiger partial charge in [0.05, 0.1) is 18.6 Å². The van der Waals surface area contributed by atoms with Gasteiger partial charge < -0.3 is 9.84 Å². The molecule has 0 atom stereocenters. The number of hydrogen-bond donors (Lipinski definition) is 1. The maximum Gasteiger partial charge on any atom is 0.338 e. The molecule has 4 nitrogen and oxygen atoms in total. The summed E-state index contributed by atoms with van der Waals surface area (Å²) >= 11 is 5.85. The SMILES string of the molecule is CCOC(=O)c1cccc(Cl)c1CC(=O)O. The van der Waals surface area contributed by atoms with E-state index in [9.17, 15) is 9.59 Å². The lowest BCUT2D eigenvalue weighted by Gasteiger charge is -2.08. The molecule has 0 saturated carbocycles. The molecule has 0 radical (unpaired) electrons. The summed E-state index contributed by atoms with van der Waals surface area (Å²) in [6.45, 7) is 1.91. The van der Waals surface area contributed by atoms with Gasteiger partial charge in [-0.2, -0.15) is 0 Å². The third-order valence-electron chi connectivity index (χ3n) is 1.94. The zero-order chi connectivity index (χ0) is 12.1. The topological polar surface area (TPSA) is 63.6 Å². The Morgan fingerprint density at radius 1 is 1.44 bits per heavy atom. The molecule has 0 aromatic heterocycles. The van der Waals surface area contributed by atoms with E-state index < -0.39 is 11.9 Å². The van der Waals surface area contributed by atoms with Gasteiger partial charge in [-0.25, -0.2) is 4.79 Å². The van der Waals surface area contributed by atoms with Crippen molar-refractivity contribution in [3.63, 3.8) is 0 Å². The summed E-state index contributed by atoms with van der Waals surface area (Å²) in [4.78, 5) is 22.2. The Morgan fingerprint density at radius 2 is 2.12 bits per heavy atom. The number of carboxylic acid groups (broad SMARTS) is 1. The lowest BCUT2D eigenvalue weighted by Crippen LogP contribution is -2.11. The van der Waals surface area contributed by atoms with Crippen molar-refractivity contribution in [3.8, 4) is 0 Å².